The summed E-state index contributed by atoms with van der Waals surface area (Å²) in [6.45, 7) is 5.12. The van der Waals surface area contributed by atoms with Gasteiger partial charge in [-0.05, 0) is 18.1 Å². The number of hydrogen-bond donors (Lipinski definition) is 2. The van der Waals surface area contributed by atoms with Crippen LogP contribution in [-0.4, -0.2) is 20.7 Å². The molecule has 0 aliphatic rings. The fraction of sp³-hybridized carbons (Fsp3) is 0.357. The van der Waals surface area contributed by atoms with Crippen LogP contribution in [0.5, 0.6) is 5.75 Å². The van der Waals surface area contributed by atoms with Crippen molar-refractivity contribution in [2.24, 2.45) is 11.7 Å². The summed E-state index contributed by atoms with van der Waals surface area (Å²) in [7, 11) is 0. The molecule has 0 aliphatic carbocycles. The van der Waals surface area contributed by atoms with E-state index in [1.165, 1.54) is 6.33 Å². The average Bonchev–Trinajstić information content (AvgIpc) is 2.82. The molecule has 0 fully saturated rings. The Kier molecular flexibility index (Phi) is 4.42. The third-order valence-electron chi connectivity index (χ3n) is 2.86. The number of hydrogen-bond acceptors (Lipinski definition) is 5. The third-order valence-corrected chi connectivity index (χ3v) is 2.86. The molecule has 2 rings (SSSR count). The van der Waals surface area contributed by atoms with Gasteiger partial charge in [-0.1, -0.05) is 13.8 Å². The number of nitrogens with two attached hydrogens (primary N) is 2. The fourth-order valence-corrected chi connectivity index (χ4v) is 1.90. The molecule has 7 heteroatoms. The second-order valence-corrected chi connectivity index (χ2v) is 5.16. The van der Waals surface area contributed by atoms with Crippen LogP contribution in [0.25, 0.3) is 0 Å². The van der Waals surface area contributed by atoms with Gasteiger partial charge >= 0.3 is 0 Å². The van der Waals surface area contributed by atoms with E-state index in [1.807, 2.05) is 0 Å². The molecule has 0 radical (unpaired) electrons. The van der Waals surface area contributed by atoms with E-state index in [1.54, 1.807) is 22.9 Å². The first-order valence-electron chi connectivity index (χ1n) is 6.66. The molecular weight excluding hydrogens is 270 g/mol. The lowest BCUT2D eigenvalue weighted by Gasteiger charge is -2.12. The maximum absolute atomic E-state index is 11.4. The minimum atomic E-state index is -0.561. The van der Waals surface area contributed by atoms with Crippen LogP contribution in [0.2, 0.25) is 0 Å². The zero-order valence-corrected chi connectivity index (χ0v) is 12.1. The molecule has 112 valence electrons. The molecule has 0 saturated heterocycles. The van der Waals surface area contributed by atoms with E-state index in [-0.39, 0.29) is 6.61 Å². The van der Waals surface area contributed by atoms with Gasteiger partial charge in [0.15, 0.2) is 5.82 Å². The maximum atomic E-state index is 11.4. The average molecular weight is 289 g/mol. The Bertz CT molecular complexity index is 636. The second kappa shape index (κ2) is 6.25. The highest BCUT2D eigenvalue weighted by molar-refractivity contribution is 5.96. The summed E-state index contributed by atoms with van der Waals surface area (Å²) >= 11 is 0. The number of rotatable bonds is 6. The summed E-state index contributed by atoms with van der Waals surface area (Å²) in [5.41, 5.74) is 11.8. The van der Waals surface area contributed by atoms with Gasteiger partial charge in [0.05, 0.1) is 5.56 Å². The molecule has 0 atom stereocenters. The first kappa shape index (κ1) is 14.8. The van der Waals surface area contributed by atoms with Crippen molar-refractivity contribution in [3.8, 4) is 5.75 Å². The molecule has 4 N–H and O–H groups in total. The molecule has 0 spiro atoms. The SMILES string of the molecule is CC(C)Cn1ncnc1COc1cc(N)ccc1C(N)=O. The van der Waals surface area contributed by atoms with Crippen LogP contribution in [0.3, 0.4) is 0 Å². The number of primary amides is 1. The molecular formula is C14H19N5O2. The van der Waals surface area contributed by atoms with Crippen molar-refractivity contribution in [1.82, 2.24) is 14.8 Å². The number of carbonyl (C=O) groups is 1. The van der Waals surface area contributed by atoms with Crippen molar-refractivity contribution in [3.05, 3.63) is 35.9 Å². The van der Waals surface area contributed by atoms with Crippen molar-refractivity contribution in [2.75, 3.05) is 5.73 Å². The minimum Gasteiger partial charge on any atom is -0.485 e. The minimum absolute atomic E-state index is 0.191. The summed E-state index contributed by atoms with van der Waals surface area (Å²) in [6.07, 6.45) is 1.48. The van der Waals surface area contributed by atoms with Crippen molar-refractivity contribution >= 4 is 11.6 Å². The number of ether oxygens (including phenoxy) is 1. The van der Waals surface area contributed by atoms with E-state index in [9.17, 15) is 4.79 Å². The Morgan fingerprint density at radius 3 is 2.86 bits per heavy atom. The van der Waals surface area contributed by atoms with Crippen LogP contribution >= 0.6 is 0 Å². The molecule has 7 nitrogen and oxygen atoms in total. The summed E-state index contributed by atoms with van der Waals surface area (Å²) in [6, 6.07) is 4.73. The highest BCUT2D eigenvalue weighted by atomic mass is 16.5. The predicted molar refractivity (Wildman–Crippen MR) is 78.6 cm³/mol. The Hall–Kier alpha value is -2.57. The topological polar surface area (TPSA) is 109 Å². The Labute approximate surface area is 122 Å². The molecule has 1 aromatic heterocycles. The number of anilines is 1. The first-order chi connectivity index (χ1) is 9.97. The number of amides is 1. The number of aromatic nitrogens is 3. The molecule has 1 heterocycles. The molecule has 1 aromatic carbocycles. The number of carbonyl (C=O) groups excluding carboxylic acids is 1. The number of nitrogen functional groups attached to an aromatic ring is 1. The predicted octanol–water partition coefficient (Wildman–Crippen LogP) is 1.19. The summed E-state index contributed by atoms with van der Waals surface area (Å²) in [4.78, 5) is 15.5. The lowest BCUT2D eigenvalue weighted by molar-refractivity contribution is 0.0995. The van der Waals surface area contributed by atoms with Crippen LogP contribution in [-0.2, 0) is 13.2 Å². The van der Waals surface area contributed by atoms with Crippen molar-refractivity contribution in [3.63, 3.8) is 0 Å². The van der Waals surface area contributed by atoms with Gasteiger partial charge in [-0.15, -0.1) is 0 Å². The van der Waals surface area contributed by atoms with Crippen molar-refractivity contribution < 1.29 is 9.53 Å². The first-order valence-corrected chi connectivity index (χ1v) is 6.66. The quantitative estimate of drug-likeness (QED) is 0.776. The molecule has 0 saturated carbocycles. The van der Waals surface area contributed by atoms with Crippen molar-refractivity contribution in [2.45, 2.75) is 27.0 Å². The number of benzene rings is 1. The molecule has 1 amide bonds. The van der Waals surface area contributed by atoms with Gasteiger partial charge in [0, 0.05) is 18.3 Å². The Morgan fingerprint density at radius 2 is 2.19 bits per heavy atom. The van der Waals surface area contributed by atoms with Gasteiger partial charge in [0.2, 0.25) is 0 Å². The lowest BCUT2D eigenvalue weighted by atomic mass is 10.1. The van der Waals surface area contributed by atoms with E-state index in [2.05, 4.69) is 23.9 Å². The smallest absolute Gasteiger partial charge is 0.252 e. The van der Waals surface area contributed by atoms with Crippen LogP contribution < -0.4 is 16.2 Å². The standard InChI is InChI=1S/C14H19N5O2/c1-9(2)6-19-13(17-8-18-19)7-21-12-5-10(15)3-4-11(12)14(16)20/h3-5,8-9H,6-7,15H2,1-2H3,(H2,16,20). The van der Waals surface area contributed by atoms with Gasteiger partial charge in [0.25, 0.3) is 5.91 Å². The van der Waals surface area contributed by atoms with Crippen molar-refractivity contribution in [1.29, 1.82) is 0 Å². The Balaban J connectivity index is 2.15. The molecule has 2 aromatic rings. The fourth-order valence-electron chi connectivity index (χ4n) is 1.90. The van der Waals surface area contributed by atoms with E-state index >= 15 is 0 Å². The third kappa shape index (κ3) is 3.71. The highest BCUT2D eigenvalue weighted by Crippen LogP contribution is 2.22. The lowest BCUT2D eigenvalue weighted by Crippen LogP contribution is -2.15. The summed E-state index contributed by atoms with van der Waals surface area (Å²) in [5, 5.41) is 4.15. The summed E-state index contributed by atoms with van der Waals surface area (Å²) < 4.78 is 7.42. The molecule has 21 heavy (non-hydrogen) atoms. The van der Waals surface area contributed by atoms with Crippen LogP contribution in [0.1, 0.15) is 30.0 Å². The van der Waals surface area contributed by atoms with Gasteiger partial charge in [-0.2, -0.15) is 5.10 Å². The van der Waals surface area contributed by atoms with E-state index in [0.717, 1.165) is 6.54 Å². The van der Waals surface area contributed by atoms with Gasteiger partial charge in [0.1, 0.15) is 18.7 Å². The van der Waals surface area contributed by atoms with Gasteiger partial charge < -0.3 is 16.2 Å². The van der Waals surface area contributed by atoms with Crippen LogP contribution in [0, 0.1) is 5.92 Å². The highest BCUT2D eigenvalue weighted by Gasteiger charge is 2.12. The van der Waals surface area contributed by atoms with Gasteiger partial charge in [-0.3, -0.25) is 4.79 Å². The monoisotopic (exact) mass is 289 g/mol. The maximum Gasteiger partial charge on any atom is 0.252 e. The van der Waals surface area contributed by atoms with Crippen LogP contribution in [0.4, 0.5) is 5.69 Å². The number of nitrogens with zero attached hydrogens (tertiary/aromatic N) is 3. The summed E-state index contributed by atoms with van der Waals surface area (Å²) in [5.74, 6) is 0.913. The molecule has 0 aliphatic heterocycles. The van der Waals surface area contributed by atoms with Gasteiger partial charge in [-0.25, -0.2) is 9.67 Å². The second-order valence-electron chi connectivity index (χ2n) is 5.16. The Morgan fingerprint density at radius 1 is 1.43 bits per heavy atom. The van der Waals surface area contributed by atoms with E-state index < -0.39 is 5.91 Å². The normalized spacial score (nSPS) is 10.8. The molecule has 0 unspecified atom stereocenters. The molecule has 0 bridgehead atoms. The van der Waals surface area contributed by atoms with E-state index in [0.29, 0.717) is 28.7 Å². The van der Waals surface area contributed by atoms with Crippen LogP contribution in [0.15, 0.2) is 24.5 Å². The van der Waals surface area contributed by atoms with E-state index in [4.69, 9.17) is 16.2 Å². The zero-order valence-electron chi connectivity index (χ0n) is 12.1. The zero-order chi connectivity index (χ0) is 15.4. The largest absolute Gasteiger partial charge is 0.485 e.